The van der Waals surface area contributed by atoms with Gasteiger partial charge in [-0.2, -0.15) is 13.2 Å². The van der Waals surface area contributed by atoms with Crippen LogP contribution in [0.2, 0.25) is 0 Å². The average molecular weight is 624 g/mol. The molecular weight excluding hydrogens is 587 g/mol. The Morgan fingerprint density at radius 3 is 2.60 bits per heavy atom. The van der Waals surface area contributed by atoms with Crippen LogP contribution in [0.5, 0.6) is 5.75 Å². The molecule has 3 heterocycles. The van der Waals surface area contributed by atoms with Crippen LogP contribution in [0.1, 0.15) is 36.4 Å². The van der Waals surface area contributed by atoms with Gasteiger partial charge < -0.3 is 20.3 Å². The zero-order chi connectivity index (χ0) is 31.6. The smallest absolute Gasteiger partial charge is 0.416 e. The van der Waals surface area contributed by atoms with Crippen molar-refractivity contribution in [2.24, 2.45) is 5.92 Å². The van der Waals surface area contributed by atoms with E-state index in [4.69, 9.17) is 9.57 Å². The predicted molar refractivity (Wildman–Crippen MR) is 166 cm³/mol. The summed E-state index contributed by atoms with van der Waals surface area (Å²) >= 11 is 0. The molecule has 45 heavy (non-hydrogen) atoms. The number of alkyl halides is 3. The molecule has 10 nitrogen and oxygen atoms in total. The highest BCUT2D eigenvalue weighted by Crippen LogP contribution is 2.41. The Morgan fingerprint density at radius 2 is 1.89 bits per heavy atom. The van der Waals surface area contributed by atoms with Gasteiger partial charge in [-0.15, -0.1) is 0 Å². The van der Waals surface area contributed by atoms with Crippen LogP contribution in [0.4, 0.5) is 41.9 Å². The number of rotatable bonds is 10. The second-order valence-electron chi connectivity index (χ2n) is 11.5. The molecule has 1 amide bonds. The molecule has 2 aromatic carbocycles. The lowest BCUT2D eigenvalue weighted by molar-refractivity contribution is -0.137. The van der Waals surface area contributed by atoms with Gasteiger partial charge in [-0.05, 0) is 48.6 Å². The fourth-order valence-electron chi connectivity index (χ4n) is 5.81. The van der Waals surface area contributed by atoms with Crippen LogP contribution < -0.4 is 25.3 Å². The third-order valence-corrected chi connectivity index (χ3v) is 8.33. The molecule has 238 valence electrons. The maximum absolute atomic E-state index is 13.4. The first-order valence-electron chi connectivity index (χ1n) is 15.0. The quantitative estimate of drug-likeness (QED) is 0.272. The molecule has 13 heteroatoms. The minimum absolute atomic E-state index is 0.324. The number of benzene rings is 2. The number of carbonyl (C=O) groups is 1. The summed E-state index contributed by atoms with van der Waals surface area (Å²) in [6.07, 6.45) is 1.25. The number of hydrogen-bond donors (Lipinski definition) is 2. The summed E-state index contributed by atoms with van der Waals surface area (Å²) in [5.41, 5.74) is 1.75. The summed E-state index contributed by atoms with van der Waals surface area (Å²) in [5.74, 6) is 1.82. The molecule has 0 spiro atoms. The van der Waals surface area contributed by atoms with Gasteiger partial charge in [-0.25, -0.2) is 15.0 Å². The Labute approximate surface area is 259 Å². The molecule has 6 rings (SSSR count). The summed E-state index contributed by atoms with van der Waals surface area (Å²) in [6, 6.07) is 10.1. The number of hydrogen-bond acceptors (Lipinski definition) is 9. The second-order valence-corrected chi connectivity index (χ2v) is 11.5. The van der Waals surface area contributed by atoms with Crippen molar-refractivity contribution in [1.82, 2.24) is 14.9 Å². The highest BCUT2D eigenvalue weighted by atomic mass is 19.4. The van der Waals surface area contributed by atoms with Gasteiger partial charge in [-0.3, -0.25) is 14.5 Å². The zero-order valence-corrected chi connectivity index (χ0v) is 25.0. The van der Waals surface area contributed by atoms with E-state index in [-0.39, 0.29) is 5.91 Å². The number of piperazine rings is 1. The van der Waals surface area contributed by atoms with Gasteiger partial charge in [0, 0.05) is 51.3 Å². The first-order chi connectivity index (χ1) is 21.7. The summed E-state index contributed by atoms with van der Waals surface area (Å²) in [5, 5.41) is 7.71. The van der Waals surface area contributed by atoms with Crippen LogP contribution in [0.25, 0.3) is 0 Å². The summed E-state index contributed by atoms with van der Waals surface area (Å²) in [4.78, 5) is 31.7. The normalized spacial score (nSPS) is 19.0. The number of ether oxygens (including phenoxy) is 1. The zero-order valence-electron chi connectivity index (χ0n) is 25.0. The van der Waals surface area contributed by atoms with Crippen LogP contribution in [-0.2, 0) is 15.8 Å². The van der Waals surface area contributed by atoms with Crippen molar-refractivity contribution in [2.75, 3.05) is 67.0 Å². The van der Waals surface area contributed by atoms with Crippen molar-refractivity contribution < 1.29 is 27.5 Å². The molecule has 1 aromatic heterocycles. The first kappa shape index (κ1) is 30.7. The third kappa shape index (κ3) is 7.15. The topological polar surface area (TPSA) is 95.1 Å². The van der Waals surface area contributed by atoms with Gasteiger partial charge in [0.25, 0.3) is 0 Å². The molecular formula is C32H36F3N7O3. The number of carbonyl (C=O) groups excluding carboxylic acids is 1. The number of nitrogens with zero attached hydrogens (tertiary/aromatic N) is 5. The van der Waals surface area contributed by atoms with Crippen molar-refractivity contribution in [2.45, 2.75) is 31.5 Å². The van der Waals surface area contributed by atoms with Gasteiger partial charge in [-0.1, -0.05) is 18.7 Å². The lowest BCUT2D eigenvalue weighted by atomic mass is 10.0. The van der Waals surface area contributed by atoms with Crippen LogP contribution in [0, 0.1) is 5.92 Å². The summed E-state index contributed by atoms with van der Waals surface area (Å²) in [7, 11) is 1.57. The van der Waals surface area contributed by atoms with E-state index in [1.807, 2.05) is 6.07 Å². The van der Waals surface area contributed by atoms with Crippen molar-refractivity contribution in [3.05, 3.63) is 72.6 Å². The van der Waals surface area contributed by atoms with E-state index in [0.717, 1.165) is 56.5 Å². The lowest BCUT2D eigenvalue weighted by Gasteiger charge is -2.37. The first-order valence-corrected chi connectivity index (χ1v) is 15.0. The monoisotopic (exact) mass is 623 g/mol. The van der Waals surface area contributed by atoms with Gasteiger partial charge in [0.15, 0.2) is 5.82 Å². The minimum Gasteiger partial charge on any atom is -0.494 e. The molecule has 2 N–H and O–H groups in total. The highest BCUT2D eigenvalue weighted by molar-refractivity contribution is 6.02. The van der Waals surface area contributed by atoms with Crippen LogP contribution >= 0.6 is 0 Å². The fourth-order valence-corrected chi connectivity index (χ4v) is 5.81. The van der Waals surface area contributed by atoms with E-state index in [1.165, 1.54) is 36.4 Å². The number of nitrogens with one attached hydrogen (secondary N) is 2. The number of amides is 1. The average Bonchev–Trinajstić information content (AvgIpc) is 3.72. The minimum atomic E-state index is -4.45. The molecule has 1 aliphatic carbocycles. The van der Waals surface area contributed by atoms with E-state index < -0.39 is 17.8 Å². The van der Waals surface area contributed by atoms with Crippen LogP contribution in [-0.4, -0.2) is 67.2 Å². The van der Waals surface area contributed by atoms with E-state index in [0.29, 0.717) is 47.4 Å². The molecule has 3 aliphatic rings. The molecule has 0 radical (unpaired) electrons. The van der Waals surface area contributed by atoms with Crippen molar-refractivity contribution in [3.8, 4) is 5.75 Å². The number of anilines is 5. The maximum Gasteiger partial charge on any atom is 0.416 e. The van der Waals surface area contributed by atoms with Crippen molar-refractivity contribution in [3.63, 3.8) is 0 Å². The van der Waals surface area contributed by atoms with Crippen molar-refractivity contribution in [1.29, 1.82) is 0 Å². The molecule has 2 aliphatic heterocycles. The highest BCUT2D eigenvalue weighted by Gasteiger charge is 2.34. The Hall–Kier alpha value is -4.36. The van der Waals surface area contributed by atoms with E-state index in [1.54, 1.807) is 25.3 Å². The Morgan fingerprint density at radius 1 is 1.09 bits per heavy atom. The molecule has 0 bridgehead atoms. The number of aromatic nitrogens is 2. The standard InChI is InChI=1S/C32H36F3N7O3/c1-3-31(43)39-24-16-25(28(44-2)17-27(24)41-12-10-40(11-13-41)19-21-7-8-21)38-29-18-30(37-20-36-29)42-26(9-14-45-42)22-5-4-6-23(15-22)32(33,34)35/h3-6,15-18,20-21,26H,1,7-14,19H2,2H3,(H,39,43)(H,36,37,38)/t26-/m1/s1. The number of hydroxylamine groups is 1. The van der Waals surface area contributed by atoms with Gasteiger partial charge in [0.05, 0.1) is 42.4 Å². The van der Waals surface area contributed by atoms with Gasteiger partial charge in [0.2, 0.25) is 5.91 Å². The Balaban J connectivity index is 1.24. The SMILES string of the molecule is C=CC(=O)Nc1cc(Nc2cc(N3OCC[C@@H]3c3cccc(C(F)(F)F)c3)ncn2)c(OC)cc1N1CCN(CC2CC2)CC1. The summed E-state index contributed by atoms with van der Waals surface area (Å²) in [6.45, 7) is 8.58. The van der Waals surface area contributed by atoms with Gasteiger partial charge in [0.1, 0.15) is 17.9 Å². The molecule has 1 atom stereocenters. The molecule has 3 fully saturated rings. The van der Waals surface area contributed by atoms with Crippen LogP contribution in [0.3, 0.4) is 0 Å². The second kappa shape index (κ2) is 12.9. The maximum atomic E-state index is 13.4. The number of methoxy groups -OCH3 is 1. The van der Waals surface area contributed by atoms with E-state index in [2.05, 4.69) is 37.0 Å². The lowest BCUT2D eigenvalue weighted by Crippen LogP contribution is -2.47. The fraction of sp³-hybridized carbons (Fsp3) is 0.406. The van der Waals surface area contributed by atoms with Crippen LogP contribution in [0.15, 0.2) is 61.4 Å². The molecule has 1 saturated carbocycles. The number of halogens is 3. The third-order valence-electron chi connectivity index (χ3n) is 8.33. The Bertz CT molecular complexity index is 1540. The van der Waals surface area contributed by atoms with Crippen molar-refractivity contribution >= 4 is 34.6 Å². The Kier molecular flexibility index (Phi) is 8.81. The largest absolute Gasteiger partial charge is 0.494 e. The van der Waals surface area contributed by atoms with Gasteiger partial charge >= 0.3 is 6.18 Å². The van der Waals surface area contributed by atoms with E-state index >= 15 is 0 Å². The predicted octanol–water partition coefficient (Wildman–Crippen LogP) is 5.79. The molecule has 3 aromatic rings. The molecule has 0 unspecified atom stereocenters. The summed E-state index contributed by atoms with van der Waals surface area (Å²) < 4.78 is 45.9. The van der Waals surface area contributed by atoms with E-state index in [9.17, 15) is 18.0 Å². The molecule has 2 saturated heterocycles.